The third-order valence-electron chi connectivity index (χ3n) is 2.68. The highest BCUT2D eigenvalue weighted by Gasteiger charge is 2.16. The summed E-state index contributed by atoms with van der Waals surface area (Å²) < 4.78 is 6.90. The van der Waals surface area contributed by atoms with Gasteiger partial charge in [-0.15, -0.1) is 5.10 Å². The molecule has 112 valence electrons. The average molecular weight is 288 g/mol. The first kappa shape index (κ1) is 15.0. The number of hydrogen-bond donors (Lipinski definition) is 1. The Morgan fingerprint density at radius 2 is 2.14 bits per heavy atom. The smallest absolute Gasteiger partial charge is 0.407 e. The van der Waals surface area contributed by atoms with Crippen LogP contribution >= 0.6 is 0 Å². The number of amides is 1. The second-order valence-corrected chi connectivity index (χ2v) is 5.83. The average Bonchev–Trinajstić information content (AvgIpc) is 2.82. The number of aromatic nitrogens is 3. The number of nitrogens with one attached hydrogen (secondary N) is 1. The summed E-state index contributed by atoms with van der Waals surface area (Å²) in [6.07, 6.45) is 1.17. The van der Waals surface area contributed by atoms with E-state index in [0.717, 1.165) is 16.9 Å². The molecule has 0 aliphatic heterocycles. The van der Waals surface area contributed by atoms with E-state index in [-0.39, 0.29) is 0 Å². The van der Waals surface area contributed by atoms with Crippen LogP contribution in [0.1, 0.15) is 32.0 Å². The summed E-state index contributed by atoms with van der Waals surface area (Å²) in [6, 6.07) is 7.92. The van der Waals surface area contributed by atoms with Crippen LogP contribution < -0.4 is 5.32 Å². The molecule has 1 N–H and O–H groups in total. The Labute approximate surface area is 124 Å². The van der Waals surface area contributed by atoms with Gasteiger partial charge in [-0.1, -0.05) is 17.3 Å². The maximum Gasteiger partial charge on any atom is 0.407 e. The lowest BCUT2D eigenvalue weighted by atomic mass is 10.2. The van der Waals surface area contributed by atoms with Crippen LogP contribution in [0.3, 0.4) is 0 Å². The molecule has 1 amide bonds. The molecule has 0 spiro atoms. The van der Waals surface area contributed by atoms with Gasteiger partial charge in [0, 0.05) is 0 Å². The van der Waals surface area contributed by atoms with Crippen molar-refractivity contribution in [2.24, 2.45) is 0 Å². The van der Waals surface area contributed by atoms with Crippen LogP contribution in [0.4, 0.5) is 4.79 Å². The van der Waals surface area contributed by atoms with Gasteiger partial charge in [-0.05, 0) is 45.4 Å². The number of carbonyl (C=O) groups is 1. The van der Waals surface area contributed by atoms with Crippen LogP contribution in [0.5, 0.6) is 0 Å². The van der Waals surface area contributed by atoms with Gasteiger partial charge in [0.25, 0.3) is 0 Å². The number of rotatable bonds is 3. The van der Waals surface area contributed by atoms with E-state index in [0.29, 0.717) is 6.54 Å². The van der Waals surface area contributed by atoms with Crippen molar-refractivity contribution in [3.8, 4) is 5.69 Å². The molecule has 0 saturated carbocycles. The summed E-state index contributed by atoms with van der Waals surface area (Å²) in [5.74, 6) is 0. The monoisotopic (exact) mass is 288 g/mol. The summed E-state index contributed by atoms with van der Waals surface area (Å²) in [6.45, 7) is 7.79. The molecule has 0 atom stereocenters. The summed E-state index contributed by atoms with van der Waals surface area (Å²) >= 11 is 0. The molecule has 1 aromatic heterocycles. The molecule has 0 radical (unpaired) electrons. The number of alkyl carbamates (subject to hydrolysis) is 1. The zero-order chi connectivity index (χ0) is 15.5. The molecular formula is C15H20N4O2. The maximum atomic E-state index is 11.7. The first-order chi connectivity index (χ1) is 9.85. The third kappa shape index (κ3) is 4.30. The van der Waals surface area contributed by atoms with Crippen molar-refractivity contribution in [2.75, 3.05) is 0 Å². The van der Waals surface area contributed by atoms with E-state index in [9.17, 15) is 4.79 Å². The summed E-state index contributed by atoms with van der Waals surface area (Å²) in [5.41, 5.74) is 2.31. The Morgan fingerprint density at radius 1 is 1.38 bits per heavy atom. The molecule has 0 bridgehead atoms. The van der Waals surface area contributed by atoms with E-state index in [2.05, 4.69) is 15.6 Å². The normalized spacial score (nSPS) is 11.2. The summed E-state index contributed by atoms with van der Waals surface area (Å²) in [4.78, 5) is 11.7. The van der Waals surface area contributed by atoms with E-state index in [1.54, 1.807) is 10.9 Å². The Kier molecular flexibility index (Phi) is 4.26. The zero-order valence-corrected chi connectivity index (χ0v) is 12.8. The number of hydrogen-bond acceptors (Lipinski definition) is 4. The fourth-order valence-corrected chi connectivity index (χ4v) is 1.83. The highest BCUT2D eigenvalue weighted by molar-refractivity contribution is 5.67. The van der Waals surface area contributed by atoms with Crippen LogP contribution in [0.2, 0.25) is 0 Å². The van der Waals surface area contributed by atoms with Crippen molar-refractivity contribution in [2.45, 2.75) is 39.8 Å². The van der Waals surface area contributed by atoms with Crippen molar-refractivity contribution in [1.82, 2.24) is 20.3 Å². The molecule has 0 aliphatic carbocycles. The molecule has 21 heavy (non-hydrogen) atoms. The number of carbonyl (C=O) groups excluding carboxylic acids is 1. The highest BCUT2D eigenvalue weighted by Crippen LogP contribution is 2.12. The number of ether oxygens (including phenoxy) is 1. The van der Waals surface area contributed by atoms with Gasteiger partial charge in [0.15, 0.2) is 0 Å². The molecule has 2 aromatic rings. The van der Waals surface area contributed by atoms with Gasteiger partial charge in [0.1, 0.15) is 5.60 Å². The number of nitrogens with zero attached hydrogens (tertiary/aromatic N) is 3. The van der Waals surface area contributed by atoms with Gasteiger partial charge >= 0.3 is 6.09 Å². The van der Waals surface area contributed by atoms with Crippen molar-refractivity contribution >= 4 is 6.09 Å². The highest BCUT2D eigenvalue weighted by atomic mass is 16.6. The molecule has 2 rings (SSSR count). The molecule has 0 saturated heterocycles. The number of benzene rings is 1. The Bertz CT molecular complexity index is 629. The van der Waals surface area contributed by atoms with Crippen LogP contribution in [-0.4, -0.2) is 26.7 Å². The second-order valence-electron chi connectivity index (χ2n) is 5.83. The van der Waals surface area contributed by atoms with Gasteiger partial charge in [0.2, 0.25) is 0 Å². The van der Waals surface area contributed by atoms with Gasteiger partial charge in [-0.2, -0.15) is 0 Å². The van der Waals surface area contributed by atoms with Crippen LogP contribution in [0, 0.1) is 6.92 Å². The first-order valence-corrected chi connectivity index (χ1v) is 6.78. The van der Waals surface area contributed by atoms with Crippen molar-refractivity contribution in [3.63, 3.8) is 0 Å². The van der Waals surface area contributed by atoms with Gasteiger partial charge < -0.3 is 10.1 Å². The summed E-state index contributed by atoms with van der Waals surface area (Å²) in [7, 11) is 0. The topological polar surface area (TPSA) is 69.0 Å². The fourth-order valence-electron chi connectivity index (χ4n) is 1.83. The number of aryl methyl sites for hydroxylation is 1. The SMILES string of the molecule is Cc1cccc(-n2nncc2CNC(=O)OC(C)(C)C)c1. The van der Waals surface area contributed by atoms with Gasteiger partial charge in [-0.25, -0.2) is 9.48 Å². The molecule has 6 nitrogen and oxygen atoms in total. The molecule has 6 heteroatoms. The summed E-state index contributed by atoms with van der Waals surface area (Å²) in [5, 5.41) is 10.7. The molecule has 0 unspecified atom stereocenters. The molecule has 0 aliphatic rings. The minimum Gasteiger partial charge on any atom is -0.444 e. The van der Waals surface area contributed by atoms with Crippen molar-refractivity contribution in [3.05, 3.63) is 41.7 Å². The van der Waals surface area contributed by atoms with Crippen LogP contribution in [-0.2, 0) is 11.3 Å². The Balaban J connectivity index is 2.06. The van der Waals surface area contributed by atoms with Crippen molar-refractivity contribution in [1.29, 1.82) is 0 Å². The van der Waals surface area contributed by atoms with E-state index in [4.69, 9.17) is 4.74 Å². The van der Waals surface area contributed by atoms with Crippen molar-refractivity contribution < 1.29 is 9.53 Å². The zero-order valence-electron chi connectivity index (χ0n) is 12.8. The second kappa shape index (κ2) is 5.95. The maximum absolute atomic E-state index is 11.7. The van der Waals surface area contributed by atoms with E-state index in [1.807, 2.05) is 52.0 Å². The minimum absolute atomic E-state index is 0.301. The Hall–Kier alpha value is -2.37. The standard InChI is InChI=1S/C15H20N4O2/c1-11-6-5-7-12(8-11)19-13(10-17-18-19)9-16-14(20)21-15(2,3)4/h5-8,10H,9H2,1-4H3,(H,16,20). The fraction of sp³-hybridized carbons (Fsp3) is 0.400. The molecule has 1 heterocycles. The van der Waals surface area contributed by atoms with Gasteiger partial charge in [-0.3, -0.25) is 0 Å². The van der Waals surface area contributed by atoms with E-state index in [1.165, 1.54) is 0 Å². The first-order valence-electron chi connectivity index (χ1n) is 6.78. The lowest BCUT2D eigenvalue weighted by Crippen LogP contribution is -2.32. The van der Waals surface area contributed by atoms with Crippen LogP contribution in [0.15, 0.2) is 30.5 Å². The predicted molar refractivity (Wildman–Crippen MR) is 79.2 cm³/mol. The minimum atomic E-state index is -0.515. The lowest BCUT2D eigenvalue weighted by Gasteiger charge is -2.19. The molecular weight excluding hydrogens is 268 g/mol. The Morgan fingerprint density at radius 3 is 2.81 bits per heavy atom. The van der Waals surface area contributed by atoms with Crippen LogP contribution in [0.25, 0.3) is 5.69 Å². The van der Waals surface area contributed by atoms with E-state index < -0.39 is 11.7 Å². The largest absolute Gasteiger partial charge is 0.444 e. The van der Waals surface area contributed by atoms with E-state index >= 15 is 0 Å². The molecule has 1 aromatic carbocycles. The lowest BCUT2D eigenvalue weighted by molar-refractivity contribution is 0.0522. The predicted octanol–water partition coefficient (Wildman–Crippen LogP) is 2.60. The third-order valence-corrected chi connectivity index (χ3v) is 2.68. The molecule has 0 fully saturated rings. The quantitative estimate of drug-likeness (QED) is 0.942. The van der Waals surface area contributed by atoms with Gasteiger partial charge in [0.05, 0.1) is 24.1 Å².